The number of hydrogen-bond donors (Lipinski definition) is 3. The fourth-order valence-corrected chi connectivity index (χ4v) is 3.52. The summed E-state index contributed by atoms with van der Waals surface area (Å²) >= 11 is 1.53. The molecule has 0 atom stereocenters. The molecular weight excluding hydrogens is 310 g/mol. The van der Waals surface area contributed by atoms with E-state index in [0.717, 1.165) is 36.5 Å². The Balaban J connectivity index is 1.55. The van der Waals surface area contributed by atoms with Crippen LogP contribution >= 0.6 is 11.3 Å². The van der Waals surface area contributed by atoms with Crippen molar-refractivity contribution in [1.82, 2.24) is 0 Å². The number of primary amides is 1. The summed E-state index contributed by atoms with van der Waals surface area (Å²) in [6, 6.07) is 10.1. The quantitative estimate of drug-likeness (QED) is 0.786. The van der Waals surface area contributed by atoms with Crippen LogP contribution in [0.1, 0.15) is 28.1 Å². The van der Waals surface area contributed by atoms with E-state index in [2.05, 4.69) is 34.5 Å². The molecule has 122 valence electrons. The highest BCUT2D eigenvalue weighted by atomic mass is 32.1. The van der Waals surface area contributed by atoms with E-state index in [9.17, 15) is 9.90 Å². The smallest absolute Gasteiger partial charge is 0.249 e. The maximum atomic E-state index is 11.1. The van der Waals surface area contributed by atoms with Crippen molar-refractivity contribution in [1.29, 1.82) is 0 Å². The average Bonchev–Trinajstić information content (AvgIpc) is 3.04. The highest BCUT2D eigenvalue weighted by molar-refractivity contribution is 7.10. The predicted octanol–water partition coefficient (Wildman–Crippen LogP) is 2.42. The first kappa shape index (κ1) is 15.8. The number of rotatable bonds is 5. The maximum Gasteiger partial charge on any atom is 0.249 e. The van der Waals surface area contributed by atoms with Crippen LogP contribution in [0.5, 0.6) is 0 Å². The van der Waals surface area contributed by atoms with E-state index in [1.54, 1.807) is 5.38 Å². The fourth-order valence-electron chi connectivity index (χ4n) is 2.71. The Morgan fingerprint density at radius 1 is 1.30 bits per heavy atom. The predicted molar refractivity (Wildman–Crippen MR) is 94.1 cm³/mol. The molecule has 2 heterocycles. The maximum absolute atomic E-state index is 11.1. The summed E-state index contributed by atoms with van der Waals surface area (Å²) in [7, 11) is 0. The van der Waals surface area contributed by atoms with Gasteiger partial charge in [-0.15, -0.1) is 11.3 Å². The minimum Gasteiger partial charge on any atom is -0.393 e. The molecule has 0 unspecified atom stereocenters. The number of hydrogen-bond acceptors (Lipinski definition) is 5. The summed E-state index contributed by atoms with van der Waals surface area (Å²) in [6.45, 7) is 2.48. The highest BCUT2D eigenvalue weighted by Crippen LogP contribution is 2.23. The third-order valence-electron chi connectivity index (χ3n) is 4.10. The Morgan fingerprint density at radius 3 is 2.61 bits per heavy atom. The number of amides is 1. The summed E-state index contributed by atoms with van der Waals surface area (Å²) in [5.41, 5.74) is 8.05. The standard InChI is InChI=1S/C17H21N3O2S/c18-17(22)12-9-16(23-11-12)10-19-13-1-3-14(4-2-13)20-7-5-15(21)6-8-20/h1-4,9,11,15,19,21H,5-8,10H2,(H2,18,22). The molecule has 1 aliphatic rings. The van der Waals surface area contributed by atoms with Crippen molar-refractivity contribution in [2.24, 2.45) is 5.73 Å². The van der Waals surface area contributed by atoms with Gasteiger partial charge in [0.05, 0.1) is 11.7 Å². The zero-order valence-corrected chi connectivity index (χ0v) is 13.7. The third kappa shape index (κ3) is 4.03. The minimum atomic E-state index is -0.386. The number of aliphatic hydroxyl groups excluding tert-OH is 1. The molecule has 2 aromatic rings. The second-order valence-electron chi connectivity index (χ2n) is 5.78. The second kappa shape index (κ2) is 7.02. The van der Waals surface area contributed by atoms with E-state index in [1.165, 1.54) is 17.0 Å². The number of carbonyl (C=O) groups is 1. The van der Waals surface area contributed by atoms with Crippen LogP contribution in [0.25, 0.3) is 0 Å². The van der Waals surface area contributed by atoms with E-state index in [4.69, 9.17) is 5.73 Å². The molecule has 1 aromatic carbocycles. The first-order valence-corrected chi connectivity index (χ1v) is 8.64. The van der Waals surface area contributed by atoms with Crippen LogP contribution in [0, 0.1) is 0 Å². The molecule has 0 spiro atoms. The van der Waals surface area contributed by atoms with Crippen LogP contribution in [-0.4, -0.2) is 30.2 Å². The van der Waals surface area contributed by atoms with Crippen molar-refractivity contribution in [3.63, 3.8) is 0 Å². The number of anilines is 2. The van der Waals surface area contributed by atoms with Gasteiger partial charge in [-0.3, -0.25) is 4.79 Å². The Morgan fingerprint density at radius 2 is 2.00 bits per heavy atom. The molecule has 0 radical (unpaired) electrons. The molecule has 1 saturated heterocycles. The molecule has 1 fully saturated rings. The number of piperidine rings is 1. The number of nitrogens with one attached hydrogen (secondary N) is 1. The molecule has 1 amide bonds. The average molecular weight is 331 g/mol. The number of carbonyl (C=O) groups excluding carboxylic acids is 1. The molecule has 1 aliphatic heterocycles. The van der Waals surface area contributed by atoms with Gasteiger partial charge < -0.3 is 21.1 Å². The number of thiophene rings is 1. The SMILES string of the molecule is NC(=O)c1csc(CNc2ccc(N3CCC(O)CC3)cc2)c1. The number of aliphatic hydroxyl groups is 1. The van der Waals surface area contributed by atoms with Gasteiger partial charge in [0.15, 0.2) is 0 Å². The molecule has 6 heteroatoms. The lowest BCUT2D eigenvalue weighted by atomic mass is 10.1. The van der Waals surface area contributed by atoms with Gasteiger partial charge in [-0.25, -0.2) is 0 Å². The Kier molecular flexibility index (Phi) is 4.83. The third-order valence-corrected chi connectivity index (χ3v) is 5.04. The summed E-state index contributed by atoms with van der Waals surface area (Å²) in [4.78, 5) is 14.5. The summed E-state index contributed by atoms with van der Waals surface area (Å²) < 4.78 is 0. The Hall–Kier alpha value is -2.05. The van der Waals surface area contributed by atoms with E-state index in [0.29, 0.717) is 12.1 Å². The summed E-state index contributed by atoms with van der Waals surface area (Å²) in [6.07, 6.45) is 1.52. The van der Waals surface area contributed by atoms with Crippen molar-refractivity contribution in [3.05, 3.63) is 46.2 Å². The summed E-state index contributed by atoms with van der Waals surface area (Å²) in [5, 5.41) is 14.7. The topological polar surface area (TPSA) is 78.6 Å². The van der Waals surface area contributed by atoms with E-state index >= 15 is 0 Å². The molecule has 5 nitrogen and oxygen atoms in total. The molecular formula is C17H21N3O2S. The number of nitrogens with two attached hydrogens (primary N) is 1. The van der Waals surface area contributed by atoms with Gasteiger partial charge in [0.1, 0.15) is 0 Å². The lowest BCUT2D eigenvalue weighted by Crippen LogP contribution is -2.35. The highest BCUT2D eigenvalue weighted by Gasteiger charge is 2.16. The van der Waals surface area contributed by atoms with E-state index < -0.39 is 0 Å². The first-order valence-electron chi connectivity index (χ1n) is 7.76. The zero-order chi connectivity index (χ0) is 16.2. The first-order chi connectivity index (χ1) is 11.1. The Labute approximate surface area is 139 Å². The molecule has 3 rings (SSSR count). The van der Waals surface area contributed by atoms with E-state index in [-0.39, 0.29) is 12.0 Å². The zero-order valence-electron chi connectivity index (χ0n) is 12.9. The number of benzene rings is 1. The Bertz CT molecular complexity index is 661. The monoisotopic (exact) mass is 331 g/mol. The molecule has 0 aliphatic carbocycles. The van der Waals surface area contributed by atoms with Gasteiger partial charge >= 0.3 is 0 Å². The fraction of sp³-hybridized carbons (Fsp3) is 0.353. The van der Waals surface area contributed by atoms with Crippen LogP contribution in [0.4, 0.5) is 11.4 Å². The van der Waals surface area contributed by atoms with Crippen LogP contribution in [-0.2, 0) is 6.54 Å². The van der Waals surface area contributed by atoms with Gasteiger partial charge in [-0.05, 0) is 43.2 Å². The van der Waals surface area contributed by atoms with Crippen LogP contribution in [0.2, 0.25) is 0 Å². The molecule has 0 bridgehead atoms. The van der Waals surface area contributed by atoms with Crippen LogP contribution < -0.4 is 16.0 Å². The second-order valence-corrected chi connectivity index (χ2v) is 6.78. The van der Waals surface area contributed by atoms with Crippen LogP contribution in [0.3, 0.4) is 0 Å². The van der Waals surface area contributed by atoms with Crippen molar-refractivity contribution < 1.29 is 9.90 Å². The van der Waals surface area contributed by atoms with Crippen molar-refractivity contribution >= 4 is 28.6 Å². The van der Waals surface area contributed by atoms with Crippen molar-refractivity contribution in [2.75, 3.05) is 23.3 Å². The van der Waals surface area contributed by atoms with Crippen LogP contribution in [0.15, 0.2) is 35.7 Å². The van der Waals surface area contributed by atoms with Gasteiger partial charge in [-0.1, -0.05) is 0 Å². The molecule has 4 N–H and O–H groups in total. The number of nitrogens with zero attached hydrogens (tertiary/aromatic N) is 1. The minimum absolute atomic E-state index is 0.150. The van der Waals surface area contributed by atoms with Gasteiger partial charge in [0.2, 0.25) is 5.91 Å². The van der Waals surface area contributed by atoms with Gasteiger partial charge in [-0.2, -0.15) is 0 Å². The summed E-state index contributed by atoms with van der Waals surface area (Å²) in [5.74, 6) is -0.386. The van der Waals surface area contributed by atoms with Gasteiger partial charge in [0.25, 0.3) is 0 Å². The molecule has 0 saturated carbocycles. The normalized spacial score (nSPS) is 15.6. The van der Waals surface area contributed by atoms with E-state index in [1.807, 2.05) is 6.07 Å². The van der Waals surface area contributed by atoms with Gasteiger partial charge in [0, 0.05) is 41.3 Å². The van der Waals surface area contributed by atoms with Crippen molar-refractivity contribution in [3.8, 4) is 0 Å². The lowest BCUT2D eigenvalue weighted by Gasteiger charge is -2.31. The lowest BCUT2D eigenvalue weighted by molar-refractivity contribution is 0.100. The molecule has 23 heavy (non-hydrogen) atoms. The largest absolute Gasteiger partial charge is 0.393 e. The molecule has 1 aromatic heterocycles. The van der Waals surface area contributed by atoms with Crippen molar-refractivity contribution in [2.45, 2.75) is 25.5 Å².